The number of hydrogen-bond acceptors (Lipinski definition) is 1. The quantitative estimate of drug-likeness (QED) is 0.0961. The van der Waals surface area contributed by atoms with Gasteiger partial charge in [0.15, 0.2) is 0 Å². The van der Waals surface area contributed by atoms with Gasteiger partial charge in [-0.1, -0.05) is 81.9 Å². The van der Waals surface area contributed by atoms with Crippen LogP contribution in [0.15, 0.2) is 4.42 Å². The highest BCUT2D eigenvalue weighted by Crippen LogP contribution is 2.42. The average molecular weight is 826 g/mol. The van der Waals surface area contributed by atoms with Crippen molar-refractivity contribution in [2.24, 2.45) is 0 Å². The highest BCUT2D eigenvalue weighted by atomic mass is 16.3. The second-order valence-corrected chi connectivity index (χ2v) is 17.5. The van der Waals surface area contributed by atoms with E-state index in [1.165, 1.54) is 0 Å². The van der Waals surface area contributed by atoms with Crippen LogP contribution in [0.5, 0.6) is 0 Å². The van der Waals surface area contributed by atoms with Crippen LogP contribution in [-0.4, -0.2) is 204 Å². The maximum absolute atomic E-state index is 7.37. The van der Waals surface area contributed by atoms with Crippen molar-refractivity contribution in [2.75, 3.05) is 0 Å². The highest BCUT2D eigenvalue weighted by molar-refractivity contribution is 6.78. The van der Waals surface area contributed by atoms with Gasteiger partial charge in [-0.2, -0.15) is 0 Å². The molecule has 0 spiro atoms. The summed E-state index contributed by atoms with van der Waals surface area (Å²) >= 11 is 0. The summed E-state index contributed by atoms with van der Waals surface area (Å²) in [5.41, 5.74) is -3.44. The summed E-state index contributed by atoms with van der Waals surface area (Å²) in [6, 6.07) is 0. The van der Waals surface area contributed by atoms with E-state index < -0.39 is 0 Å². The fourth-order valence-corrected chi connectivity index (χ4v) is 10.4. The number of hydrogen-bond donors (Lipinski definition) is 0. The molecule has 0 unspecified atom stereocenters. The maximum atomic E-state index is 7.37. The molecule has 1 nitrogen and oxygen atoms in total. The molecule has 0 saturated carbocycles. The first-order valence-corrected chi connectivity index (χ1v) is 20.9. The Morgan fingerprint density at radius 2 is 0.352 bits per heavy atom. The molecule has 10 rings (SSSR count). The Morgan fingerprint density at radius 1 is 0.127 bits per heavy atom. The zero-order chi connectivity index (χ0) is 52.1. The molecule has 0 N–H and O–H groups in total. The number of benzene rings is 9. The second-order valence-electron chi connectivity index (χ2n) is 17.5. The molecule has 1 heterocycles. The van der Waals surface area contributed by atoms with Gasteiger partial charge in [0.05, 0.1) is 0 Å². The lowest BCUT2D eigenvalue weighted by Gasteiger charge is -2.33. The predicted molar refractivity (Wildman–Crippen MR) is 332 cm³/mol. The molecule has 0 atom stereocenters. The first-order chi connectivity index (χ1) is 33.2. The molecule has 0 aliphatic heterocycles. The van der Waals surface area contributed by atoms with Gasteiger partial charge in [-0.25, -0.2) is 0 Å². The van der Waals surface area contributed by atoms with E-state index in [4.69, 9.17) is 208 Å². The summed E-state index contributed by atoms with van der Waals surface area (Å²) in [6.45, 7) is 0. The summed E-state index contributed by atoms with van der Waals surface area (Å²) in [5, 5.41) is 0.785. The van der Waals surface area contributed by atoms with E-state index >= 15 is 0 Å². The van der Waals surface area contributed by atoms with Crippen molar-refractivity contribution in [1.82, 2.24) is 0 Å². The van der Waals surface area contributed by atoms with E-state index in [0.717, 1.165) is 0 Å². The van der Waals surface area contributed by atoms with E-state index in [0.29, 0.717) is 0 Å². The van der Waals surface area contributed by atoms with E-state index in [-0.39, 0.29) is 240 Å². The molecule has 1 aromatic heterocycles. The van der Waals surface area contributed by atoms with E-state index in [1.807, 2.05) is 0 Å². The minimum absolute atomic E-state index is 0.00250. The summed E-state index contributed by atoms with van der Waals surface area (Å²) in [4.78, 5) is 0. The Labute approximate surface area is 445 Å². The van der Waals surface area contributed by atoms with Gasteiger partial charge in [-0.15, -0.1) is 54.6 Å². The molecular formula is C44B26O. The third-order valence-corrected chi connectivity index (χ3v) is 14.1. The molecule has 0 amide bonds. The molecule has 27 heteroatoms. The molecular weight excluding hydrogens is 826 g/mol. The Kier molecular flexibility index (Phi) is 11.8. The Bertz CT molecular complexity index is 4210. The summed E-state index contributed by atoms with van der Waals surface area (Å²) < 4.78 is 6.38. The molecule has 0 saturated heterocycles. The number of fused-ring (bicyclic) bond motifs is 9. The molecule has 0 fully saturated rings. The smallest absolute Gasteiger partial charge is 0.128 e. The zero-order valence-corrected chi connectivity index (χ0v) is 37.4. The minimum Gasteiger partial charge on any atom is -0.457 e. The molecule has 0 bridgehead atoms. The van der Waals surface area contributed by atoms with Gasteiger partial charge >= 0.3 is 0 Å². The van der Waals surface area contributed by atoms with Crippen molar-refractivity contribution in [3.05, 3.63) is 0 Å². The Balaban J connectivity index is 1.56. The molecule has 260 valence electrons. The van der Waals surface area contributed by atoms with Crippen LogP contribution in [0.1, 0.15) is 0 Å². The van der Waals surface area contributed by atoms with Crippen molar-refractivity contribution in [1.29, 1.82) is 0 Å². The Hall–Kier alpha value is -4.23. The van der Waals surface area contributed by atoms with Crippen molar-refractivity contribution < 1.29 is 4.42 Å². The monoisotopic (exact) mass is 830 g/mol. The maximum Gasteiger partial charge on any atom is 0.128 e. The fourth-order valence-electron chi connectivity index (χ4n) is 10.4. The van der Waals surface area contributed by atoms with Crippen LogP contribution in [0, 0.1) is 0 Å². The third-order valence-electron chi connectivity index (χ3n) is 14.1. The van der Waals surface area contributed by atoms with Crippen LogP contribution in [-0.2, 0) is 0 Å². The predicted octanol–water partition coefficient (Wildman–Crippen LogP) is -18.7. The molecule has 0 aliphatic rings. The van der Waals surface area contributed by atoms with Crippen molar-refractivity contribution >= 4 is 422 Å². The molecule has 9 aromatic carbocycles. The van der Waals surface area contributed by atoms with Crippen LogP contribution >= 0.6 is 0 Å². The van der Waals surface area contributed by atoms with Crippen LogP contribution < -0.4 is 142 Å². The van der Waals surface area contributed by atoms with E-state index in [1.54, 1.807) is 0 Å². The topological polar surface area (TPSA) is 13.1 Å². The van der Waals surface area contributed by atoms with Gasteiger partial charge in [0.1, 0.15) is 215 Å². The standard InChI is InChI=1S/C44B26O/c45-17-3(8-9(25(53)37(65)36(64)24(8)52)10-12(17)27(55)39(67)38(66)26(10)54)1-4-6(22(50)34(62)32(60)20(4)48)2(7-5(1)21(49)33(61)35(63)23(7)51)11-18(46)16-15-19(47)13-14(29(57)41(69)40(68)28(13)56)31(59)43(15)71-44(16)42(70)30(11)58. The fraction of sp³-hybridized carbons (Fsp3) is 0. The zero-order valence-electron chi connectivity index (χ0n) is 37.4. The van der Waals surface area contributed by atoms with Gasteiger partial charge < -0.3 is 4.42 Å². The SMILES string of the molecule is [B]c1c(-c2c3c([B])c([B])c([B])c([B])c3c(-c3c([B])c4c([B])c([B])c([B])c([B])c4c4c([B])c([B])c([B])c([B])c34)c3c([B])c([B])c([B])c([B])c23)c([B])c2c(oc3c([B])c4c([B])c([B])c([B])c([B])c4c([B])c32)c1[B]. The molecule has 52 radical (unpaired) electrons. The van der Waals surface area contributed by atoms with Crippen LogP contribution in [0.3, 0.4) is 0 Å². The van der Waals surface area contributed by atoms with Gasteiger partial charge in [-0.3, -0.25) is 0 Å². The molecule has 71 heavy (non-hydrogen) atoms. The third kappa shape index (κ3) is 6.20. The summed E-state index contributed by atoms with van der Waals surface area (Å²) in [5.74, 6) is 0. The molecule has 0 aliphatic carbocycles. The minimum atomic E-state index is -0.201. The van der Waals surface area contributed by atoms with E-state index in [2.05, 4.69) is 0 Å². The first kappa shape index (κ1) is 50.3. The van der Waals surface area contributed by atoms with Crippen LogP contribution in [0.25, 0.3) is 98.1 Å². The van der Waals surface area contributed by atoms with Crippen molar-refractivity contribution in [3.63, 3.8) is 0 Å². The van der Waals surface area contributed by atoms with Gasteiger partial charge in [0.2, 0.25) is 0 Å². The molecule has 10 aromatic rings. The largest absolute Gasteiger partial charge is 0.457 e. The van der Waals surface area contributed by atoms with Gasteiger partial charge in [-0.05, 0) is 81.6 Å². The highest BCUT2D eigenvalue weighted by Gasteiger charge is 2.31. The van der Waals surface area contributed by atoms with Crippen molar-refractivity contribution in [3.8, 4) is 22.3 Å². The second kappa shape index (κ2) is 16.6. The lowest BCUT2D eigenvalue weighted by atomic mass is 9.56. The van der Waals surface area contributed by atoms with Gasteiger partial charge in [0, 0.05) is 10.8 Å². The van der Waals surface area contributed by atoms with E-state index in [9.17, 15) is 0 Å². The van der Waals surface area contributed by atoms with Crippen LogP contribution in [0.2, 0.25) is 0 Å². The van der Waals surface area contributed by atoms with Crippen molar-refractivity contribution in [2.45, 2.75) is 0 Å². The Morgan fingerprint density at radius 3 is 0.718 bits per heavy atom. The lowest BCUT2D eigenvalue weighted by molar-refractivity contribution is 0.675. The normalized spacial score (nSPS) is 12.0. The van der Waals surface area contributed by atoms with Gasteiger partial charge in [0.25, 0.3) is 0 Å². The summed E-state index contributed by atoms with van der Waals surface area (Å²) in [6.07, 6.45) is 0. The lowest BCUT2D eigenvalue weighted by Crippen LogP contribution is -2.52. The average Bonchev–Trinajstić information content (AvgIpc) is 3.76. The van der Waals surface area contributed by atoms with Crippen LogP contribution in [0.4, 0.5) is 0 Å². The first-order valence-electron chi connectivity index (χ1n) is 20.9. The summed E-state index contributed by atoms with van der Waals surface area (Å²) in [7, 11) is 177. The number of furan rings is 1. The number of rotatable bonds is 2.